The summed E-state index contributed by atoms with van der Waals surface area (Å²) in [4.78, 5) is 11.9. The SMILES string of the molecule is NC1(CC(=O)NCC2CCCC(O)C2)CCCC1. The highest BCUT2D eigenvalue weighted by Crippen LogP contribution is 2.30. The van der Waals surface area contributed by atoms with E-state index in [1.807, 2.05) is 0 Å². The molecule has 2 atom stereocenters. The van der Waals surface area contributed by atoms with Crippen LogP contribution in [0.5, 0.6) is 0 Å². The summed E-state index contributed by atoms with van der Waals surface area (Å²) >= 11 is 0. The summed E-state index contributed by atoms with van der Waals surface area (Å²) < 4.78 is 0. The summed E-state index contributed by atoms with van der Waals surface area (Å²) in [5.41, 5.74) is 5.94. The van der Waals surface area contributed by atoms with Gasteiger partial charge in [0.1, 0.15) is 0 Å². The maximum atomic E-state index is 11.9. The Morgan fingerprint density at radius 1 is 1.28 bits per heavy atom. The average molecular weight is 254 g/mol. The lowest BCUT2D eigenvalue weighted by Gasteiger charge is -2.27. The molecular weight excluding hydrogens is 228 g/mol. The highest BCUT2D eigenvalue weighted by Gasteiger charge is 2.31. The van der Waals surface area contributed by atoms with E-state index < -0.39 is 0 Å². The molecule has 0 saturated heterocycles. The number of amides is 1. The molecule has 0 aromatic rings. The Kier molecular flexibility index (Phi) is 4.62. The number of hydrogen-bond donors (Lipinski definition) is 3. The van der Waals surface area contributed by atoms with Gasteiger partial charge in [-0.1, -0.05) is 19.3 Å². The Balaban J connectivity index is 1.68. The van der Waals surface area contributed by atoms with Gasteiger partial charge in [0.25, 0.3) is 0 Å². The maximum Gasteiger partial charge on any atom is 0.221 e. The average Bonchev–Trinajstić information content (AvgIpc) is 2.73. The highest BCUT2D eigenvalue weighted by molar-refractivity contribution is 5.77. The van der Waals surface area contributed by atoms with Crippen molar-refractivity contribution in [2.24, 2.45) is 11.7 Å². The summed E-state index contributed by atoms with van der Waals surface area (Å²) in [5, 5.41) is 12.6. The van der Waals surface area contributed by atoms with Gasteiger partial charge in [-0.25, -0.2) is 0 Å². The van der Waals surface area contributed by atoms with Crippen LogP contribution in [-0.2, 0) is 4.79 Å². The lowest BCUT2D eigenvalue weighted by molar-refractivity contribution is -0.122. The van der Waals surface area contributed by atoms with Gasteiger partial charge in [-0.05, 0) is 38.0 Å². The van der Waals surface area contributed by atoms with Gasteiger partial charge in [0.15, 0.2) is 0 Å². The summed E-state index contributed by atoms with van der Waals surface area (Å²) in [6.07, 6.45) is 8.47. The molecule has 0 aromatic carbocycles. The molecule has 4 heteroatoms. The van der Waals surface area contributed by atoms with E-state index in [-0.39, 0.29) is 17.6 Å². The molecule has 1 amide bonds. The molecule has 4 N–H and O–H groups in total. The topological polar surface area (TPSA) is 75.4 Å². The van der Waals surface area contributed by atoms with Gasteiger partial charge >= 0.3 is 0 Å². The van der Waals surface area contributed by atoms with E-state index in [0.29, 0.717) is 18.9 Å². The van der Waals surface area contributed by atoms with Crippen molar-refractivity contribution in [2.75, 3.05) is 6.54 Å². The number of hydrogen-bond acceptors (Lipinski definition) is 3. The van der Waals surface area contributed by atoms with Crippen molar-refractivity contribution in [3.63, 3.8) is 0 Å². The number of nitrogens with one attached hydrogen (secondary N) is 1. The maximum absolute atomic E-state index is 11.9. The van der Waals surface area contributed by atoms with Crippen molar-refractivity contribution < 1.29 is 9.90 Å². The highest BCUT2D eigenvalue weighted by atomic mass is 16.3. The van der Waals surface area contributed by atoms with Crippen LogP contribution in [0.3, 0.4) is 0 Å². The van der Waals surface area contributed by atoms with Gasteiger partial charge < -0.3 is 16.2 Å². The predicted molar refractivity (Wildman–Crippen MR) is 71.0 cm³/mol. The zero-order valence-electron chi connectivity index (χ0n) is 11.2. The molecule has 0 bridgehead atoms. The zero-order valence-corrected chi connectivity index (χ0v) is 11.2. The van der Waals surface area contributed by atoms with Crippen molar-refractivity contribution >= 4 is 5.91 Å². The fourth-order valence-corrected chi connectivity index (χ4v) is 3.34. The van der Waals surface area contributed by atoms with E-state index >= 15 is 0 Å². The lowest BCUT2D eigenvalue weighted by Crippen LogP contribution is -2.43. The van der Waals surface area contributed by atoms with Crippen molar-refractivity contribution in [3.05, 3.63) is 0 Å². The molecule has 2 aliphatic carbocycles. The molecule has 0 aliphatic heterocycles. The first-order valence-electron chi connectivity index (χ1n) is 7.31. The van der Waals surface area contributed by atoms with E-state index in [9.17, 15) is 9.90 Å². The Morgan fingerprint density at radius 2 is 2.00 bits per heavy atom. The van der Waals surface area contributed by atoms with E-state index in [2.05, 4.69) is 5.32 Å². The second-order valence-electron chi connectivity index (χ2n) is 6.24. The van der Waals surface area contributed by atoms with Crippen LogP contribution in [0.2, 0.25) is 0 Å². The fraction of sp³-hybridized carbons (Fsp3) is 0.929. The Bertz CT molecular complexity index is 288. The van der Waals surface area contributed by atoms with Crippen molar-refractivity contribution in [1.82, 2.24) is 5.32 Å². The molecule has 104 valence electrons. The van der Waals surface area contributed by atoms with E-state index in [4.69, 9.17) is 5.73 Å². The number of carbonyl (C=O) groups excluding carboxylic acids is 1. The van der Waals surface area contributed by atoms with Gasteiger partial charge in [-0.15, -0.1) is 0 Å². The van der Waals surface area contributed by atoms with Crippen molar-refractivity contribution in [2.45, 2.75) is 69.4 Å². The molecule has 2 rings (SSSR count). The normalized spacial score (nSPS) is 31.2. The number of aliphatic hydroxyl groups is 1. The predicted octanol–water partition coefficient (Wildman–Crippen LogP) is 1.32. The quantitative estimate of drug-likeness (QED) is 0.708. The van der Waals surface area contributed by atoms with Gasteiger partial charge in [-0.3, -0.25) is 4.79 Å². The summed E-state index contributed by atoms with van der Waals surface area (Å²) in [7, 11) is 0. The second-order valence-corrected chi connectivity index (χ2v) is 6.24. The first kappa shape index (κ1) is 13.8. The Morgan fingerprint density at radius 3 is 2.67 bits per heavy atom. The van der Waals surface area contributed by atoms with Crippen LogP contribution in [0, 0.1) is 5.92 Å². The van der Waals surface area contributed by atoms with E-state index in [0.717, 1.165) is 51.4 Å². The van der Waals surface area contributed by atoms with Crippen LogP contribution in [-0.4, -0.2) is 29.2 Å². The van der Waals surface area contributed by atoms with Crippen LogP contribution in [0.4, 0.5) is 0 Å². The largest absolute Gasteiger partial charge is 0.393 e. The third-order valence-electron chi connectivity index (χ3n) is 4.45. The van der Waals surface area contributed by atoms with Gasteiger partial charge in [0, 0.05) is 18.5 Å². The number of nitrogens with two attached hydrogens (primary N) is 1. The smallest absolute Gasteiger partial charge is 0.221 e. The number of rotatable bonds is 4. The van der Waals surface area contributed by atoms with E-state index in [1.54, 1.807) is 0 Å². The van der Waals surface area contributed by atoms with E-state index in [1.165, 1.54) is 0 Å². The molecular formula is C14H26N2O2. The van der Waals surface area contributed by atoms with Crippen molar-refractivity contribution in [3.8, 4) is 0 Å². The Labute approximate surface area is 109 Å². The van der Waals surface area contributed by atoms with Gasteiger partial charge in [0.05, 0.1) is 6.10 Å². The van der Waals surface area contributed by atoms with Crippen molar-refractivity contribution in [1.29, 1.82) is 0 Å². The second kappa shape index (κ2) is 6.02. The lowest BCUT2D eigenvalue weighted by atomic mass is 9.87. The molecule has 18 heavy (non-hydrogen) atoms. The van der Waals surface area contributed by atoms with Gasteiger partial charge in [0.2, 0.25) is 5.91 Å². The molecule has 0 radical (unpaired) electrons. The standard InChI is InChI=1S/C14H26N2O2/c15-14(6-1-2-7-14)9-13(18)16-10-11-4-3-5-12(17)8-11/h11-12,17H,1-10,15H2,(H,16,18). The minimum Gasteiger partial charge on any atom is -0.393 e. The third-order valence-corrected chi connectivity index (χ3v) is 4.45. The zero-order chi connectivity index (χ0) is 13.0. The third kappa shape index (κ3) is 3.95. The summed E-state index contributed by atoms with van der Waals surface area (Å²) in [6, 6.07) is 0. The first-order valence-corrected chi connectivity index (χ1v) is 7.31. The molecule has 2 fully saturated rings. The summed E-state index contributed by atoms with van der Waals surface area (Å²) in [5.74, 6) is 0.523. The van der Waals surface area contributed by atoms with Crippen LogP contribution < -0.4 is 11.1 Å². The molecule has 0 aromatic heterocycles. The molecule has 2 unspecified atom stereocenters. The molecule has 0 heterocycles. The van der Waals surface area contributed by atoms with Gasteiger partial charge in [-0.2, -0.15) is 0 Å². The summed E-state index contributed by atoms with van der Waals surface area (Å²) in [6.45, 7) is 0.700. The van der Waals surface area contributed by atoms with Crippen LogP contribution in [0.25, 0.3) is 0 Å². The van der Waals surface area contributed by atoms with Crippen LogP contribution in [0.1, 0.15) is 57.8 Å². The fourth-order valence-electron chi connectivity index (χ4n) is 3.34. The first-order chi connectivity index (χ1) is 8.57. The van der Waals surface area contributed by atoms with Crippen LogP contribution >= 0.6 is 0 Å². The molecule has 2 saturated carbocycles. The monoisotopic (exact) mass is 254 g/mol. The molecule has 2 aliphatic rings. The van der Waals surface area contributed by atoms with Crippen LogP contribution in [0.15, 0.2) is 0 Å². The molecule has 4 nitrogen and oxygen atoms in total. The minimum absolute atomic E-state index is 0.0828. The number of carbonyl (C=O) groups is 1. The number of aliphatic hydroxyl groups excluding tert-OH is 1. The Hall–Kier alpha value is -0.610. The minimum atomic E-state index is -0.254. The molecule has 0 spiro atoms.